The first kappa shape index (κ1) is 14.1. The van der Waals surface area contributed by atoms with Crippen molar-refractivity contribution in [1.82, 2.24) is 4.90 Å². The Bertz CT molecular complexity index is 283. The van der Waals surface area contributed by atoms with Gasteiger partial charge in [0.2, 0.25) is 0 Å². The van der Waals surface area contributed by atoms with Crippen LogP contribution in [-0.4, -0.2) is 35.9 Å². The number of carbonyl (C=O) groups excluding carboxylic acids is 1. The number of hydrogen-bond acceptors (Lipinski definition) is 2. The number of likely N-dealkylation sites (tertiary alicyclic amines) is 1. The van der Waals surface area contributed by atoms with E-state index in [0.717, 1.165) is 4.90 Å². The summed E-state index contributed by atoms with van der Waals surface area (Å²) in [6.45, 7) is 5.11. The molecular formula is C11H18F3NO2. The lowest BCUT2D eigenvalue weighted by molar-refractivity contribution is -0.185. The Morgan fingerprint density at radius 2 is 1.88 bits per heavy atom. The molecule has 0 unspecified atom stereocenters. The summed E-state index contributed by atoms with van der Waals surface area (Å²) in [6.07, 6.45) is -4.45. The minimum Gasteiger partial charge on any atom is -0.444 e. The fraction of sp³-hybridized carbons (Fsp3) is 0.909. The quantitative estimate of drug-likeness (QED) is 0.663. The van der Waals surface area contributed by atoms with E-state index in [2.05, 4.69) is 0 Å². The highest BCUT2D eigenvalue weighted by Crippen LogP contribution is 2.33. The molecule has 0 aromatic rings. The summed E-state index contributed by atoms with van der Waals surface area (Å²) in [5.41, 5.74) is -0.678. The van der Waals surface area contributed by atoms with E-state index >= 15 is 0 Å². The van der Waals surface area contributed by atoms with Crippen LogP contribution >= 0.6 is 0 Å². The van der Waals surface area contributed by atoms with Crippen molar-refractivity contribution in [2.75, 3.05) is 13.1 Å². The van der Waals surface area contributed by atoms with E-state index in [1.165, 1.54) is 0 Å². The minimum atomic E-state index is -4.24. The van der Waals surface area contributed by atoms with Crippen molar-refractivity contribution >= 4 is 6.09 Å². The van der Waals surface area contributed by atoms with Gasteiger partial charge in [0, 0.05) is 13.1 Å². The van der Waals surface area contributed by atoms with E-state index < -0.39 is 23.8 Å². The van der Waals surface area contributed by atoms with Gasteiger partial charge in [0.1, 0.15) is 5.60 Å². The van der Waals surface area contributed by atoms with Crippen molar-refractivity contribution in [3.63, 3.8) is 0 Å². The molecule has 1 atom stereocenters. The number of nitrogens with zero attached hydrogens (tertiary/aromatic N) is 1. The van der Waals surface area contributed by atoms with Gasteiger partial charge >= 0.3 is 12.3 Å². The van der Waals surface area contributed by atoms with E-state index in [1.54, 1.807) is 20.8 Å². The molecule has 0 N–H and O–H groups in total. The van der Waals surface area contributed by atoms with Crippen molar-refractivity contribution in [1.29, 1.82) is 0 Å². The van der Waals surface area contributed by atoms with Crippen LogP contribution in [0.1, 0.15) is 33.6 Å². The number of piperidine rings is 1. The number of amides is 1. The van der Waals surface area contributed by atoms with E-state index in [9.17, 15) is 18.0 Å². The van der Waals surface area contributed by atoms with E-state index in [4.69, 9.17) is 4.74 Å². The van der Waals surface area contributed by atoms with Gasteiger partial charge in [-0.1, -0.05) is 0 Å². The van der Waals surface area contributed by atoms with Crippen molar-refractivity contribution in [3.05, 3.63) is 0 Å². The van der Waals surface area contributed by atoms with Crippen LogP contribution in [-0.2, 0) is 4.74 Å². The number of alkyl halides is 3. The maximum absolute atomic E-state index is 12.5. The molecule has 0 aromatic carbocycles. The molecule has 0 saturated carbocycles. The third-order valence-corrected chi connectivity index (χ3v) is 2.54. The highest BCUT2D eigenvalue weighted by Gasteiger charge is 2.43. The van der Waals surface area contributed by atoms with Crippen LogP contribution in [0.5, 0.6) is 0 Å². The van der Waals surface area contributed by atoms with Crippen molar-refractivity contribution in [2.45, 2.75) is 45.4 Å². The Morgan fingerprint density at radius 3 is 2.35 bits per heavy atom. The standard InChI is InChI=1S/C11H18F3NO2/c1-10(2,3)17-9(16)15-6-4-5-8(7-15)11(12,13)14/h8H,4-7H2,1-3H3/t8-/m1/s1. The molecule has 1 rings (SSSR count). The van der Waals surface area contributed by atoms with Crippen LogP contribution in [0.3, 0.4) is 0 Å². The molecule has 6 heteroatoms. The molecule has 1 aliphatic rings. The van der Waals surface area contributed by atoms with E-state index in [0.29, 0.717) is 13.0 Å². The summed E-state index contributed by atoms with van der Waals surface area (Å²) >= 11 is 0. The summed E-state index contributed by atoms with van der Waals surface area (Å²) in [7, 11) is 0. The van der Waals surface area contributed by atoms with Crippen LogP contribution in [0.2, 0.25) is 0 Å². The number of hydrogen-bond donors (Lipinski definition) is 0. The van der Waals surface area contributed by atoms with Gasteiger partial charge in [0.05, 0.1) is 5.92 Å². The first-order valence-corrected chi connectivity index (χ1v) is 5.64. The first-order chi connectivity index (χ1) is 7.59. The first-order valence-electron chi connectivity index (χ1n) is 5.64. The largest absolute Gasteiger partial charge is 0.444 e. The maximum atomic E-state index is 12.5. The monoisotopic (exact) mass is 253 g/mol. The Hall–Kier alpha value is -0.940. The highest BCUT2D eigenvalue weighted by molar-refractivity contribution is 5.68. The van der Waals surface area contributed by atoms with Gasteiger partial charge in [0.15, 0.2) is 0 Å². The van der Waals surface area contributed by atoms with Gasteiger partial charge in [-0.05, 0) is 33.6 Å². The molecule has 0 aromatic heterocycles. The Morgan fingerprint density at radius 1 is 1.29 bits per heavy atom. The number of halogens is 3. The lowest BCUT2D eigenvalue weighted by atomic mass is 9.98. The molecule has 1 heterocycles. The van der Waals surface area contributed by atoms with Crippen molar-refractivity contribution in [3.8, 4) is 0 Å². The van der Waals surface area contributed by atoms with E-state index in [1.807, 2.05) is 0 Å². The smallest absolute Gasteiger partial charge is 0.410 e. The summed E-state index contributed by atoms with van der Waals surface area (Å²) in [4.78, 5) is 12.8. The third kappa shape index (κ3) is 4.44. The number of carbonyl (C=O) groups is 1. The molecular weight excluding hydrogens is 235 g/mol. The zero-order valence-electron chi connectivity index (χ0n) is 10.3. The molecule has 1 aliphatic heterocycles. The van der Waals surface area contributed by atoms with E-state index in [-0.39, 0.29) is 13.0 Å². The van der Waals surface area contributed by atoms with Gasteiger partial charge in [0.25, 0.3) is 0 Å². The van der Waals surface area contributed by atoms with Crippen LogP contribution < -0.4 is 0 Å². The molecule has 0 aliphatic carbocycles. The Labute approximate surface area is 98.9 Å². The molecule has 0 bridgehead atoms. The molecule has 1 saturated heterocycles. The number of rotatable bonds is 0. The summed E-state index contributed by atoms with van der Waals surface area (Å²) < 4.78 is 42.7. The van der Waals surface area contributed by atoms with Crippen LogP contribution in [0.4, 0.5) is 18.0 Å². The predicted molar refractivity (Wildman–Crippen MR) is 56.6 cm³/mol. The van der Waals surface area contributed by atoms with Gasteiger partial charge in [-0.25, -0.2) is 4.79 Å². The normalized spacial score (nSPS) is 22.5. The summed E-state index contributed by atoms with van der Waals surface area (Å²) in [5.74, 6) is -1.43. The summed E-state index contributed by atoms with van der Waals surface area (Å²) in [6, 6.07) is 0. The Kier molecular flexibility index (Phi) is 3.94. The van der Waals surface area contributed by atoms with Gasteiger partial charge in [-0.2, -0.15) is 13.2 Å². The second kappa shape index (κ2) is 4.74. The fourth-order valence-electron chi connectivity index (χ4n) is 1.74. The highest BCUT2D eigenvalue weighted by atomic mass is 19.4. The van der Waals surface area contributed by atoms with Gasteiger partial charge < -0.3 is 9.64 Å². The lowest BCUT2D eigenvalue weighted by Crippen LogP contribution is -2.46. The summed E-state index contributed by atoms with van der Waals surface area (Å²) in [5, 5.41) is 0. The lowest BCUT2D eigenvalue weighted by Gasteiger charge is -2.34. The molecule has 0 radical (unpaired) electrons. The average molecular weight is 253 g/mol. The van der Waals surface area contributed by atoms with Crippen LogP contribution in [0, 0.1) is 5.92 Å². The van der Waals surface area contributed by atoms with Gasteiger partial charge in [-0.3, -0.25) is 0 Å². The molecule has 100 valence electrons. The molecule has 1 amide bonds. The minimum absolute atomic E-state index is 0.0861. The topological polar surface area (TPSA) is 29.5 Å². The SMILES string of the molecule is CC(C)(C)OC(=O)N1CCC[C@@H](C(F)(F)F)C1. The average Bonchev–Trinajstić information content (AvgIpc) is 2.14. The van der Waals surface area contributed by atoms with Crippen molar-refractivity contribution < 1.29 is 22.7 Å². The number of ether oxygens (including phenoxy) is 1. The van der Waals surface area contributed by atoms with Crippen LogP contribution in [0.15, 0.2) is 0 Å². The second-order valence-corrected chi connectivity index (χ2v) is 5.31. The fourth-order valence-corrected chi connectivity index (χ4v) is 1.74. The second-order valence-electron chi connectivity index (χ2n) is 5.31. The zero-order valence-corrected chi connectivity index (χ0v) is 10.3. The molecule has 17 heavy (non-hydrogen) atoms. The van der Waals surface area contributed by atoms with Gasteiger partial charge in [-0.15, -0.1) is 0 Å². The molecule has 1 fully saturated rings. The third-order valence-electron chi connectivity index (χ3n) is 2.54. The molecule has 0 spiro atoms. The maximum Gasteiger partial charge on any atom is 0.410 e. The Balaban J connectivity index is 2.58. The predicted octanol–water partition coefficient (Wildman–Crippen LogP) is 3.20. The van der Waals surface area contributed by atoms with Crippen LogP contribution in [0.25, 0.3) is 0 Å². The van der Waals surface area contributed by atoms with Crippen molar-refractivity contribution in [2.24, 2.45) is 5.92 Å². The zero-order chi connectivity index (χ0) is 13.3. The molecule has 3 nitrogen and oxygen atoms in total.